The fourth-order valence-electron chi connectivity index (χ4n) is 4.60. The maximum atomic E-state index is 11.9. The van der Waals surface area contributed by atoms with Crippen LogP contribution in [0.3, 0.4) is 0 Å². The van der Waals surface area contributed by atoms with E-state index in [9.17, 15) is 4.79 Å². The molecular formula is C32H20Cl2N4OS. The summed E-state index contributed by atoms with van der Waals surface area (Å²) in [5.41, 5.74) is 5.10. The Morgan fingerprint density at radius 3 is 2.38 bits per heavy atom. The number of thiocarbonyl (C=S) groups is 1. The number of para-hydroxylation sites is 2. The van der Waals surface area contributed by atoms with Crippen LogP contribution in [0.1, 0.15) is 5.56 Å². The Hall–Kier alpha value is -4.36. The molecule has 0 saturated carbocycles. The first-order chi connectivity index (χ1) is 19.5. The first-order valence-corrected chi connectivity index (χ1v) is 13.6. The van der Waals surface area contributed by atoms with Gasteiger partial charge >= 0.3 is 0 Å². The lowest BCUT2D eigenvalue weighted by atomic mass is 10.1. The highest BCUT2D eigenvalue weighted by molar-refractivity contribution is 7.81. The van der Waals surface area contributed by atoms with Gasteiger partial charge in [-0.2, -0.15) is 0 Å². The van der Waals surface area contributed by atoms with Crippen molar-refractivity contribution in [3.63, 3.8) is 0 Å². The molecule has 0 saturated heterocycles. The predicted octanol–water partition coefficient (Wildman–Crippen LogP) is 8.28. The van der Waals surface area contributed by atoms with Crippen molar-refractivity contribution >= 4 is 73.4 Å². The summed E-state index contributed by atoms with van der Waals surface area (Å²) in [4.78, 5) is 21.5. The van der Waals surface area contributed by atoms with E-state index in [4.69, 9.17) is 35.4 Å². The molecule has 3 heterocycles. The molecule has 0 atom stereocenters. The van der Waals surface area contributed by atoms with Crippen LogP contribution >= 0.6 is 35.4 Å². The van der Waals surface area contributed by atoms with E-state index in [0.29, 0.717) is 20.4 Å². The summed E-state index contributed by atoms with van der Waals surface area (Å²) in [6.07, 6.45) is 3.52. The molecule has 0 unspecified atom stereocenters. The Kier molecular flexibility index (Phi) is 7.13. The molecule has 0 amide bonds. The maximum Gasteiger partial charge on any atom is 0.189 e. The number of anilines is 1. The van der Waals surface area contributed by atoms with Gasteiger partial charge in [-0.15, -0.1) is 0 Å². The average Bonchev–Trinajstić information content (AvgIpc) is 3.35. The lowest BCUT2D eigenvalue weighted by molar-refractivity contribution is 1.16. The third-order valence-corrected chi connectivity index (χ3v) is 7.45. The SMILES string of the molecule is O=c1ccn2c(-c3ccccc3Cl)nc3cccc1c32.S=C(Nc1cccc2cccnc12)c1ccccc1Cl. The minimum Gasteiger partial charge on any atom is -0.344 e. The average molecular weight is 580 g/mol. The molecule has 4 aromatic carbocycles. The smallest absolute Gasteiger partial charge is 0.189 e. The van der Waals surface area contributed by atoms with Crippen molar-refractivity contribution in [2.45, 2.75) is 0 Å². The van der Waals surface area contributed by atoms with E-state index in [2.05, 4.69) is 15.3 Å². The highest BCUT2D eigenvalue weighted by Gasteiger charge is 2.15. The van der Waals surface area contributed by atoms with Gasteiger partial charge < -0.3 is 5.32 Å². The number of nitrogens with one attached hydrogen (secondary N) is 1. The van der Waals surface area contributed by atoms with Crippen LogP contribution in [0, 0.1) is 0 Å². The van der Waals surface area contributed by atoms with Gasteiger partial charge in [-0.05, 0) is 42.5 Å². The van der Waals surface area contributed by atoms with Crippen molar-refractivity contribution < 1.29 is 0 Å². The number of nitrogens with zero attached hydrogens (tertiary/aromatic N) is 3. The number of hydrogen-bond acceptors (Lipinski definition) is 4. The minimum atomic E-state index is 0.00806. The lowest BCUT2D eigenvalue weighted by Gasteiger charge is -2.11. The molecule has 0 spiro atoms. The minimum absolute atomic E-state index is 0.00806. The zero-order valence-corrected chi connectivity index (χ0v) is 23.2. The summed E-state index contributed by atoms with van der Waals surface area (Å²) < 4.78 is 1.92. The summed E-state index contributed by atoms with van der Waals surface area (Å²) in [6, 6.07) is 32.1. The van der Waals surface area contributed by atoms with E-state index in [1.54, 1.807) is 18.5 Å². The number of aromatic nitrogens is 3. The van der Waals surface area contributed by atoms with E-state index >= 15 is 0 Å². The van der Waals surface area contributed by atoms with Crippen molar-refractivity contribution in [3.8, 4) is 11.4 Å². The van der Waals surface area contributed by atoms with Crippen LogP contribution in [-0.4, -0.2) is 19.4 Å². The number of fused-ring (bicyclic) bond motifs is 1. The zero-order chi connectivity index (χ0) is 27.6. The number of imidazole rings is 1. The topological polar surface area (TPSA) is 59.3 Å². The first kappa shape index (κ1) is 25.9. The molecule has 0 fully saturated rings. The van der Waals surface area contributed by atoms with E-state index in [0.717, 1.165) is 44.6 Å². The van der Waals surface area contributed by atoms with Crippen molar-refractivity contribution in [1.82, 2.24) is 14.4 Å². The van der Waals surface area contributed by atoms with Crippen LogP contribution in [0.15, 0.2) is 120 Å². The summed E-state index contributed by atoms with van der Waals surface area (Å²) in [7, 11) is 0. The molecule has 0 bridgehead atoms. The van der Waals surface area contributed by atoms with Crippen molar-refractivity contribution in [2.75, 3.05) is 5.32 Å². The van der Waals surface area contributed by atoms with Crippen LogP contribution in [0.4, 0.5) is 5.69 Å². The second-order valence-electron chi connectivity index (χ2n) is 8.95. The molecule has 0 radical (unpaired) electrons. The normalized spacial score (nSPS) is 10.9. The van der Waals surface area contributed by atoms with Gasteiger partial charge in [0.2, 0.25) is 0 Å². The Balaban J connectivity index is 0.000000145. The molecule has 1 N–H and O–H groups in total. The molecule has 0 aliphatic heterocycles. The number of halogens is 2. The molecule has 7 rings (SSSR count). The summed E-state index contributed by atoms with van der Waals surface area (Å²) >= 11 is 17.8. The largest absolute Gasteiger partial charge is 0.344 e. The van der Waals surface area contributed by atoms with Crippen LogP contribution in [-0.2, 0) is 0 Å². The standard InChI is InChI=1S/C16H9ClN2O.C16H11ClN2S/c17-12-6-2-1-4-10(12)16-18-13-7-3-5-11-14(20)8-9-19(16)15(11)13;17-13-8-2-1-7-12(13)16(20)19-14-9-3-5-11-6-4-10-18-15(11)14/h1-9H;1-10H,(H,19,20). The number of hydrogen-bond donors (Lipinski definition) is 1. The molecule has 8 heteroatoms. The number of rotatable bonds is 3. The van der Waals surface area contributed by atoms with Crippen LogP contribution in [0.25, 0.3) is 38.7 Å². The van der Waals surface area contributed by atoms with E-state index in [-0.39, 0.29) is 5.43 Å². The molecular weight excluding hydrogens is 559 g/mol. The van der Waals surface area contributed by atoms with Gasteiger partial charge in [0.05, 0.1) is 32.3 Å². The Labute approximate surface area is 245 Å². The van der Waals surface area contributed by atoms with E-state index < -0.39 is 0 Å². The maximum absolute atomic E-state index is 11.9. The van der Waals surface area contributed by atoms with Crippen LogP contribution in [0.2, 0.25) is 10.0 Å². The number of benzene rings is 4. The van der Waals surface area contributed by atoms with Gasteiger partial charge in [-0.3, -0.25) is 14.2 Å². The molecule has 40 heavy (non-hydrogen) atoms. The van der Waals surface area contributed by atoms with E-state index in [1.165, 1.54) is 0 Å². The van der Waals surface area contributed by atoms with Gasteiger partial charge in [0.1, 0.15) is 10.8 Å². The first-order valence-electron chi connectivity index (χ1n) is 12.4. The third kappa shape index (κ3) is 4.89. The zero-order valence-electron chi connectivity index (χ0n) is 20.9. The van der Waals surface area contributed by atoms with Gasteiger partial charge in [0, 0.05) is 40.4 Å². The highest BCUT2D eigenvalue weighted by Crippen LogP contribution is 2.30. The molecule has 7 aromatic rings. The molecule has 194 valence electrons. The second kappa shape index (κ2) is 11.0. The van der Waals surface area contributed by atoms with E-state index in [1.807, 2.05) is 101 Å². The van der Waals surface area contributed by atoms with Gasteiger partial charge in [0.15, 0.2) is 5.43 Å². The third-order valence-electron chi connectivity index (χ3n) is 6.46. The molecule has 3 aromatic heterocycles. The van der Waals surface area contributed by atoms with Gasteiger partial charge in [-0.1, -0.05) is 90.0 Å². The summed E-state index contributed by atoms with van der Waals surface area (Å²) in [5, 5.41) is 6.25. The van der Waals surface area contributed by atoms with Gasteiger partial charge in [-0.25, -0.2) is 4.98 Å². The molecule has 0 aliphatic carbocycles. The predicted molar refractivity (Wildman–Crippen MR) is 169 cm³/mol. The Morgan fingerprint density at radius 1 is 0.800 bits per heavy atom. The quantitative estimate of drug-likeness (QED) is 0.214. The summed E-state index contributed by atoms with van der Waals surface area (Å²) in [6.45, 7) is 0. The second-order valence-corrected chi connectivity index (χ2v) is 10.2. The lowest BCUT2D eigenvalue weighted by Crippen LogP contribution is -2.11. The van der Waals surface area contributed by atoms with Crippen molar-refractivity contribution in [2.24, 2.45) is 0 Å². The van der Waals surface area contributed by atoms with Crippen LogP contribution in [0.5, 0.6) is 0 Å². The summed E-state index contributed by atoms with van der Waals surface area (Å²) in [5.74, 6) is 0.752. The Morgan fingerprint density at radius 2 is 1.55 bits per heavy atom. The Bertz CT molecular complexity index is 2070. The highest BCUT2D eigenvalue weighted by atomic mass is 35.5. The fraction of sp³-hybridized carbons (Fsp3) is 0. The number of pyridine rings is 2. The molecule has 5 nitrogen and oxygen atoms in total. The van der Waals surface area contributed by atoms with Crippen molar-refractivity contribution in [3.05, 3.63) is 141 Å². The monoisotopic (exact) mass is 578 g/mol. The van der Waals surface area contributed by atoms with Crippen molar-refractivity contribution in [1.29, 1.82) is 0 Å². The molecule has 0 aliphatic rings. The fourth-order valence-corrected chi connectivity index (χ4v) is 5.39. The van der Waals surface area contributed by atoms with Crippen LogP contribution < -0.4 is 10.7 Å². The van der Waals surface area contributed by atoms with Gasteiger partial charge in [0.25, 0.3) is 0 Å².